The van der Waals surface area contributed by atoms with Crippen LogP contribution in [0.5, 0.6) is 0 Å². The van der Waals surface area contributed by atoms with Crippen LogP contribution in [0.3, 0.4) is 0 Å². The van der Waals surface area contributed by atoms with Gasteiger partial charge in [-0.05, 0) is 44.7 Å². The van der Waals surface area contributed by atoms with Crippen LogP contribution in [0, 0.1) is 5.92 Å². The molecule has 1 aromatic rings. The molecule has 2 saturated heterocycles. The van der Waals surface area contributed by atoms with E-state index >= 15 is 0 Å². The molecule has 0 bridgehead atoms. The van der Waals surface area contributed by atoms with Gasteiger partial charge in [0.1, 0.15) is 5.82 Å². The van der Waals surface area contributed by atoms with Crippen molar-refractivity contribution >= 4 is 11.8 Å². The number of nitrogens with one attached hydrogen (secondary N) is 1. The second-order valence-electron chi connectivity index (χ2n) is 5.79. The van der Waals surface area contributed by atoms with Crippen LogP contribution in [0.4, 0.5) is 0 Å². The predicted octanol–water partition coefficient (Wildman–Crippen LogP) is 1.80. The zero-order valence-electron chi connectivity index (χ0n) is 12.2. The third kappa shape index (κ3) is 3.35. The molecule has 1 N–H and O–H groups in total. The van der Waals surface area contributed by atoms with Crippen LogP contribution >= 0.6 is 11.8 Å². The first-order chi connectivity index (χ1) is 9.84. The summed E-state index contributed by atoms with van der Waals surface area (Å²) in [5.74, 6) is 3.61. The lowest BCUT2D eigenvalue weighted by molar-refractivity contribution is 0.185. The number of thioether (sulfide) groups is 1. The molecule has 2 aliphatic heterocycles. The Morgan fingerprint density at radius 1 is 1.30 bits per heavy atom. The third-order valence-corrected chi connectivity index (χ3v) is 5.41. The van der Waals surface area contributed by atoms with Crippen molar-refractivity contribution in [2.45, 2.75) is 36.8 Å². The lowest BCUT2D eigenvalue weighted by Gasteiger charge is -2.21. The predicted molar refractivity (Wildman–Crippen MR) is 80.1 cm³/mol. The Labute approximate surface area is 124 Å². The van der Waals surface area contributed by atoms with Crippen molar-refractivity contribution in [1.29, 1.82) is 0 Å². The van der Waals surface area contributed by atoms with Gasteiger partial charge in [-0.15, -0.1) is 10.2 Å². The quantitative estimate of drug-likeness (QED) is 0.840. The molecular weight excluding hydrogens is 272 g/mol. The van der Waals surface area contributed by atoms with E-state index in [1.54, 1.807) is 0 Å². The van der Waals surface area contributed by atoms with Crippen molar-refractivity contribution in [2.75, 3.05) is 32.1 Å². The van der Waals surface area contributed by atoms with Crippen molar-refractivity contribution < 1.29 is 4.74 Å². The van der Waals surface area contributed by atoms with Gasteiger partial charge in [0, 0.05) is 31.9 Å². The van der Waals surface area contributed by atoms with E-state index in [9.17, 15) is 0 Å². The number of rotatable bonds is 5. The molecule has 0 amide bonds. The van der Waals surface area contributed by atoms with E-state index in [0.717, 1.165) is 49.0 Å². The minimum atomic E-state index is 0.575. The highest BCUT2D eigenvalue weighted by atomic mass is 32.2. The van der Waals surface area contributed by atoms with E-state index in [1.165, 1.54) is 25.7 Å². The van der Waals surface area contributed by atoms with E-state index in [2.05, 4.69) is 27.1 Å². The largest absolute Gasteiger partial charge is 0.381 e. The summed E-state index contributed by atoms with van der Waals surface area (Å²) < 4.78 is 7.62. The lowest BCUT2D eigenvalue weighted by Crippen LogP contribution is -2.27. The molecule has 1 atom stereocenters. The normalized spacial score (nSPS) is 24.4. The van der Waals surface area contributed by atoms with Gasteiger partial charge in [0.2, 0.25) is 0 Å². The molecule has 0 saturated carbocycles. The number of nitrogens with zero attached hydrogens (tertiary/aromatic N) is 3. The van der Waals surface area contributed by atoms with Crippen molar-refractivity contribution in [3.8, 4) is 0 Å². The summed E-state index contributed by atoms with van der Waals surface area (Å²) >= 11 is 1.84. The average molecular weight is 296 g/mol. The number of hydrogen-bond donors (Lipinski definition) is 1. The van der Waals surface area contributed by atoms with Crippen molar-refractivity contribution in [1.82, 2.24) is 20.1 Å². The first-order valence-electron chi connectivity index (χ1n) is 7.65. The van der Waals surface area contributed by atoms with Crippen molar-refractivity contribution in [2.24, 2.45) is 13.0 Å². The monoisotopic (exact) mass is 296 g/mol. The first-order valence-corrected chi connectivity index (χ1v) is 8.63. The summed E-state index contributed by atoms with van der Waals surface area (Å²) in [5.41, 5.74) is 0. The highest BCUT2D eigenvalue weighted by molar-refractivity contribution is 7.99. The van der Waals surface area contributed by atoms with Crippen LogP contribution in [0.1, 0.15) is 37.4 Å². The smallest absolute Gasteiger partial charge is 0.190 e. The van der Waals surface area contributed by atoms with Gasteiger partial charge in [-0.1, -0.05) is 11.8 Å². The maximum atomic E-state index is 5.42. The minimum absolute atomic E-state index is 0.575. The second kappa shape index (κ2) is 6.91. The molecule has 0 aromatic carbocycles. The molecule has 2 fully saturated rings. The first kappa shape index (κ1) is 14.4. The maximum absolute atomic E-state index is 5.42. The Morgan fingerprint density at radius 2 is 2.15 bits per heavy atom. The Bertz CT molecular complexity index is 425. The Kier molecular flexibility index (Phi) is 4.96. The lowest BCUT2D eigenvalue weighted by atomic mass is 9.97. The fourth-order valence-corrected chi connectivity index (χ4v) is 4.03. The molecule has 5 nitrogen and oxygen atoms in total. The Hall–Kier alpha value is -0.590. The van der Waals surface area contributed by atoms with Gasteiger partial charge in [0.15, 0.2) is 5.16 Å². The third-order valence-electron chi connectivity index (χ3n) is 4.35. The molecule has 0 aliphatic carbocycles. The van der Waals surface area contributed by atoms with Gasteiger partial charge in [-0.3, -0.25) is 0 Å². The zero-order chi connectivity index (χ0) is 13.8. The SMILES string of the molecule is Cn1c(SCCC2CCOC2)nnc1C1CCNCC1. The second-order valence-corrected chi connectivity index (χ2v) is 6.85. The van der Waals surface area contributed by atoms with Crippen LogP contribution in [-0.2, 0) is 11.8 Å². The van der Waals surface area contributed by atoms with Gasteiger partial charge in [-0.25, -0.2) is 0 Å². The summed E-state index contributed by atoms with van der Waals surface area (Å²) in [6, 6.07) is 0. The molecule has 3 rings (SSSR count). The van der Waals surface area contributed by atoms with Crippen LogP contribution < -0.4 is 5.32 Å². The van der Waals surface area contributed by atoms with Crippen LogP contribution in [-0.4, -0.2) is 46.8 Å². The summed E-state index contributed by atoms with van der Waals surface area (Å²) in [4.78, 5) is 0. The summed E-state index contributed by atoms with van der Waals surface area (Å²) in [7, 11) is 2.11. The van der Waals surface area contributed by atoms with E-state index in [0.29, 0.717) is 5.92 Å². The minimum Gasteiger partial charge on any atom is -0.381 e. The topological polar surface area (TPSA) is 52.0 Å². The molecule has 3 heterocycles. The molecule has 112 valence electrons. The Morgan fingerprint density at radius 3 is 2.90 bits per heavy atom. The fourth-order valence-electron chi connectivity index (χ4n) is 3.02. The number of ether oxygens (including phenoxy) is 1. The summed E-state index contributed by atoms with van der Waals surface area (Å²) in [6.45, 7) is 4.09. The summed E-state index contributed by atoms with van der Waals surface area (Å²) in [6.07, 6.45) is 4.80. The standard InChI is InChI=1S/C14H24N4OS/c1-18-13(12-2-6-15-7-3-12)16-17-14(18)20-9-5-11-4-8-19-10-11/h11-12,15H,2-10H2,1H3. The number of hydrogen-bond acceptors (Lipinski definition) is 5. The van der Waals surface area contributed by atoms with Gasteiger partial charge in [0.25, 0.3) is 0 Å². The van der Waals surface area contributed by atoms with Crippen LogP contribution in [0.25, 0.3) is 0 Å². The highest BCUT2D eigenvalue weighted by Crippen LogP contribution is 2.27. The average Bonchev–Trinajstić information content (AvgIpc) is 3.11. The van der Waals surface area contributed by atoms with Crippen LogP contribution in [0.2, 0.25) is 0 Å². The summed E-state index contributed by atoms with van der Waals surface area (Å²) in [5, 5.41) is 13.3. The van der Waals surface area contributed by atoms with E-state index in [4.69, 9.17) is 4.74 Å². The van der Waals surface area contributed by atoms with Crippen LogP contribution in [0.15, 0.2) is 5.16 Å². The van der Waals surface area contributed by atoms with Gasteiger partial charge >= 0.3 is 0 Å². The van der Waals surface area contributed by atoms with E-state index < -0.39 is 0 Å². The van der Waals surface area contributed by atoms with Crippen molar-refractivity contribution in [3.63, 3.8) is 0 Å². The molecular formula is C14H24N4OS. The number of piperidine rings is 1. The van der Waals surface area contributed by atoms with Gasteiger partial charge in [0.05, 0.1) is 0 Å². The van der Waals surface area contributed by atoms with Crippen molar-refractivity contribution in [3.05, 3.63) is 5.82 Å². The van der Waals surface area contributed by atoms with E-state index in [1.807, 2.05) is 11.8 Å². The van der Waals surface area contributed by atoms with Gasteiger partial charge < -0.3 is 14.6 Å². The molecule has 0 radical (unpaired) electrons. The molecule has 1 unspecified atom stereocenters. The molecule has 20 heavy (non-hydrogen) atoms. The fraction of sp³-hybridized carbons (Fsp3) is 0.857. The molecule has 2 aliphatic rings. The highest BCUT2D eigenvalue weighted by Gasteiger charge is 2.22. The maximum Gasteiger partial charge on any atom is 0.190 e. The van der Waals surface area contributed by atoms with E-state index in [-0.39, 0.29) is 0 Å². The Balaban J connectivity index is 1.52. The molecule has 6 heteroatoms. The van der Waals surface area contributed by atoms with Gasteiger partial charge in [-0.2, -0.15) is 0 Å². The zero-order valence-corrected chi connectivity index (χ0v) is 13.0. The number of aromatic nitrogens is 3. The molecule has 0 spiro atoms. The molecule has 1 aromatic heterocycles.